The highest BCUT2D eigenvalue weighted by Gasteiger charge is 2.37. The zero-order chi connectivity index (χ0) is 26.4. The summed E-state index contributed by atoms with van der Waals surface area (Å²) in [5.41, 5.74) is 2.27. The summed E-state index contributed by atoms with van der Waals surface area (Å²) in [6, 6.07) is 6.55. The van der Waals surface area contributed by atoms with Crippen LogP contribution in [0.3, 0.4) is 0 Å². The van der Waals surface area contributed by atoms with E-state index in [0.717, 1.165) is 6.07 Å². The number of carbonyl (C=O) groups is 2. The largest absolute Gasteiger partial charge is 0.494 e. The molecule has 0 fully saturated rings. The van der Waals surface area contributed by atoms with Crippen LogP contribution in [0, 0.1) is 18.2 Å². The number of carboxylic acid groups (broad SMARTS) is 1. The molecule has 0 unspecified atom stereocenters. The predicted molar refractivity (Wildman–Crippen MR) is 129 cm³/mol. The van der Waals surface area contributed by atoms with Crippen LogP contribution in [0.15, 0.2) is 46.5 Å². The Kier molecular flexibility index (Phi) is 6.51. The van der Waals surface area contributed by atoms with Crippen LogP contribution in [0.25, 0.3) is 0 Å². The van der Waals surface area contributed by atoms with Gasteiger partial charge in [-0.1, -0.05) is 19.9 Å². The van der Waals surface area contributed by atoms with E-state index in [1.807, 2.05) is 13.8 Å². The number of ether oxygens (including phenoxy) is 1. The van der Waals surface area contributed by atoms with Gasteiger partial charge in [0.05, 0.1) is 12.0 Å². The van der Waals surface area contributed by atoms with Crippen molar-refractivity contribution < 1.29 is 32.2 Å². The summed E-state index contributed by atoms with van der Waals surface area (Å²) in [4.78, 5) is 28.6. The number of hydrogen-bond acceptors (Lipinski definition) is 6. The van der Waals surface area contributed by atoms with Crippen molar-refractivity contribution in [2.24, 2.45) is 5.41 Å². The molecule has 0 radical (unpaired) electrons. The number of carboxylic acids is 1. The highest BCUT2D eigenvalue weighted by molar-refractivity contribution is 7.91. The van der Waals surface area contributed by atoms with Crippen LogP contribution in [0.5, 0.6) is 5.75 Å². The van der Waals surface area contributed by atoms with Crippen molar-refractivity contribution in [1.29, 1.82) is 0 Å². The maximum absolute atomic E-state index is 14.3. The topological polar surface area (TPSA) is 116 Å². The van der Waals surface area contributed by atoms with Gasteiger partial charge in [-0.25, -0.2) is 17.8 Å². The van der Waals surface area contributed by atoms with Gasteiger partial charge >= 0.3 is 5.97 Å². The summed E-state index contributed by atoms with van der Waals surface area (Å²) < 4.78 is 47.7. The lowest BCUT2D eigenvalue weighted by atomic mass is 9.75. The lowest BCUT2D eigenvalue weighted by Gasteiger charge is -2.30. The van der Waals surface area contributed by atoms with Gasteiger partial charge in [-0.05, 0) is 54.2 Å². The molecule has 1 aliphatic rings. The van der Waals surface area contributed by atoms with Crippen LogP contribution < -0.4 is 4.74 Å². The van der Waals surface area contributed by atoms with E-state index < -0.39 is 21.6 Å². The molecule has 1 aliphatic carbocycles. The van der Waals surface area contributed by atoms with Gasteiger partial charge in [0.25, 0.3) is 0 Å². The fraction of sp³-hybridized carbons (Fsp3) is 0.346. The Balaban J connectivity index is 1.85. The standard InChI is InChI=1S/C26H27FN2O6S/c1-15-18(24-20(29(15)14-23(31)32)12-26(2,3)13-21(24)30)10-16-6-5-9-28-25(16)36(33,34)17-7-8-22(35-4)19(27)11-17/h5-9,11H,10,12-14H2,1-4H3,(H,31,32). The van der Waals surface area contributed by atoms with Gasteiger partial charge < -0.3 is 14.4 Å². The molecule has 2 heterocycles. The van der Waals surface area contributed by atoms with E-state index in [1.165, 1.54) is 25.4 Å². The summed E-state index contributed by atoms with van der Waals surface area (Å²) in [6.45, 7) is 5.35. The maximum atomic E-state index is 14.3. The van der Waals surface area contributed by atoms with Gasteiger partial charge in [0, 0.05) is 36.0 Å². The third-order valence-corrected chi connectivity index (χ3v) is 8.27. The van der Waals surface area contributed by atoms with Gasteiger partial charge in [0.1, 0.15) is 6.54 Å². The minimum atomic E-state index is -4.21. The van der Waals surface area contributed by atoms with Crippen molar-refractivity contribution in [2.75, 3.05) is 7.11 Å². The molecule has 36 heavy (non-hydrogen) atoms. The molecule has 190 valence electrons. The van der Waals surface area contributed by atoms with E-state index in [1.54, 1.807) is 23.6 Å². The summed E-state index contributed by atoms with van der Waals surface area (Å²) >= 11 is 0. The molecule has 2 aromatic heterocycles. The first-order valence-electron chi connectivity index (χ1n) is 11.3. The van der Waals surface area contributed by atoms with E-state index in [-0.39, 0.29) is 39.8 Å². The minimum absolute atomic E-state index is 0.0496. The number of hydrogen-bond donors (Lipinski definition) is 1. The SMILES string of the molecule is COc1ccc(S(=O)(=O)c2ncccc2Cc2c3c(n(CC(=O)O)c2C)CC(C)(C)CC3=O)cc1F. The Morgan fingerprint density at radius 3 is 2.61 bits per heavy atom. The van der Waals surface area contributed by atoms with Crippen molar-refractivity contribution in [2.45, 2.75) is 56.5 Å². The molecular formula is C26H27FN2O6S. The number of sulfone groups is 1. The van der Waals surface area contributed by atoms with Crippen molar-refractivity contribution in [1.82, 2.24) is 9.55 Å². The number of halogens is 1. The van der Waals surface area contributed by atoms with Crippen molar-refractivity contribution in [3.05, 3.63) is 70.4 Å². The number of Topliss-reactive ketones (excluding diaryl/α,β-unsaturated/α-hetero) is 1. The maximum Gasteiger partial charge on any atom is 0.323 e. The van der Waals surface area contributed by atoms with Gasteiger partial charge in [-0.2, -0.15) is 0 Å². The van der Waals surface area contributed by atoms with Crippen LogP contribution in [0.4, 0.5) is 4.39 Å². The number of methoxy groups -OCH3 is 1. The number of rotatable bonds is 7. The van der Waals surface area contributed by atoms with Gasteiger partial charge in [0.15, 0.2) is 22.4 Å². The number of aromatic nitrogens is 2. The average Bonchev–Trinajstić information content (AvgIpc) is 3.03. The highest BCUT2D eigenvalue weighted by atomic mass is 32.2. The molecule has 0 spiro atoms. The molecule has 1 N–H and O–H groups in total. The Morgan fingerprint density at radius 1 is 1.25 bits per heavy atom. The van der Waals surface area contributed by atoms with Crippen LogP contribution in [0.2, 0.25) is 0 Å². The highest BCUT2D eigenvalue weighted by Crippen LogP contribution is 2.40. The van der Waals surface area contributed by atoms with E-state index >= 15 is 0 Å². The smallest absolute Gasteiger partial charge is 0.323 e. The number of carbonyl (C=O) groups excluding carboxylic acids is 1. The number of ketones is 1. The number of pyridine rings is 1. The second-order valence-corrected chi connectivity index (χ2v) is 11.6. The number of benzene rings is 1. The lowest BCUT2D eigenvalue weighted by Crippen LogP contribution is -2.29. The Labute approximate surface area is 208 Å². The summed E-state index contributed by atoms with van der Waals surface area (Å²) in [6.07, 6.45) is 2.20. The first kappa shape index (κ1) is 25.6. The minimum Gasteiger partial charge on any atom is -0.494 e. The van der Waals surface area contributed by atoms with E-state index in [2.05, 4.69) is 4.98 Å². The van der Waals surface area contributed by atoms with Gasteiger partial charge in [-0.15, -0.1) is 0 Å². The Bertz CT molecular complexity index is 1490. The zero-order valence-corrected chi connectivity index (χ0v) is 21.3. The third-order valence-electron chi connectivity index (χ3n) is 6.52. The van der Waals surface area contributed by atoms with E-state index in [0.29, 0.717) is 40.9 Å². The fourth-order valence-corrected chi connectivity index (χ4v) is 6.30. The van der Waals surface area contributed by atoms with Crippen molar-refractivity contribution in [3.63, 3.8) is 0 Å². The Hall–Kier alpha value is -3.53. The molecule has 0 bridgehead atoms. The van der Waals surface area contributed by atoms with E-state index in [9.17, 15) is 27.5 Å². The van der Waals surface area contributed by atoms with Crippen LogP contribution in [0.1, 0.15) is 53.1 Å². The third kappa shape index (κ3) is 4.53. The number of aliphatic carboxylic acids is 1. The van der Waals surface area contributed by atoms with Crippen molar-refractivity contribution >= 4 is 21.6 Å². The molecule has 0 saturated heterocycles. The van der Waals surface area contributed by atoms with Gasteiger partial charge in [-0.3, -0.25) is 9.59 Å². The molecular weight excluding hydrogens is 487 g/mol. The molecule has 1 aromatic carbocycles. The molecule has 0 atom stereocenters. The number of fused-ring (bicyclic) bond motifs is 1. The Morgan fingerprint density at radius 2 is 1.97 bits per heavy atom. The summed E-state index contributed by atoms with van der Waals surface area (Å²) in [5.74, 6) is -2.04. The molecule has 0 aliphatic heterocycles. The van der Waals surface area contributed by atoms with Gasteiger partial charge in [0.2, 0.25) is 9.84 Å². The summed E-state index contributed by atoms with van der Waals surface area (Å²) in [5, 5.41) is 9.24. The summed E-state index contributed by atoms with van der Waals surface area (Å²) in [7, 11) is -2.93. The first-order chi connectivity index (χ1) is 16.9. The van der Waals surface area contributed by atoms with Crippen LogP contribution in [-0.2, 0) is 34.0 Å². The molecule has 0 amide bonds. The van der Waals surface area contributed by atoms with Crippen molar-refractivity contribution in [3.8, 4) is 5.75 Å². The molecule has 0 saturated carbocycles. The second-order valence-electron chi connectivity index (χ2n) is 9.75. The monoisotopic (exact) mass is 514 g/mol. The molecule has 8 nitrogen and oxygen atoms in total. The lowest BCUT2D eigenvalue weighted by molar-refractivity contribution is -0.137. The zero-order valence-electron chi connectivity index (χ0n) is 20.5. The van der Waals surface area contributed by atoms with Crippen LogP contribution in [-0.4, -0.2) is 41.9 Å². The molecule has 3 aromatic rings. The fourth-order valence-electron chi connectivity index (χ4n) is 4.89. The quantitative estimate of drug-likeness (QED) is 0.507. The average molecular weight is 515 g/mol. The second kappa shape index (κ2) is 9.16. The van der Waals surface area contributed by atoms with E-state index in [4.69, 9.17) is 4.74 Å². The molecule has 4 rings (SSSR count). The van der Waals surface area contributed by atoms with Crippen LogP contribution >= 0.6 is 0 Å². The number of nitrogens with zero attached hydrogens (tertiary/aromatic N) is 2. The normalized spacial score (nSPS) is 15.0. The first-order valence-corrected chi connectivity index (χ1v) is 12.8. The predicted octanol–water partition coefficient (Wildman–Crippen LogP) is 4.00. The molecule has 10 heteroatoms.